The zero-order valence-electron chi connectivity index (χ0n) is 12.2. The molecular formula is C15H21NO3S2. The highest BCUT2D eigenvalue weighted by atomic mass is 32.2. The van der Waals surface area contributed by atoms with Crippen LogP contribution in [0.5, 0.6) is 0 Å². The summed E-state index contributed by atoms with van der Waals surface area (Å²) in [6.07, 6.45) is 0.947. The molecule has 1 atom stereocenters. The Bertz CT molecular complexity index is 581. The Labute approximate surface area is 130 Å². The van der Waals surface area contributed by atoms with Gasteiger partial charge in [-0.2, -0.15) is 0 Å². The predicted molar refractivity (Wildman–Crippen MR) is 86.3 cm³/mol. The standard InChI is InChI=1S/C15H21NO3S2/c1-12-2-4-14(5-3-12)20-8-7-16-15(17)10-13-6-9-21(18,19)11-13/h2-5,13H,6-11H2,1H3,(H,16,17). The molecule has 1 heterocycles. The molecule has 1 fully saturated rings. The van der Waals surface area contributed by atoms with Crippen LogP contribution < -0.4 is 5.32 Å². The molecule has 1 aliphatic heterocycles. The van der Waals surface area contributed by atoms with Crippen molar-refractivity contribution < 1.29 is 13.2 Å². The maximum absolute atomic E-state index is 11.8. The van der Waals surface area contributed by atoms with Crippen molar-refractivity contribution in [2.75, 3.05) is 23.8 Å². The van der Waals surface area contributed by atoms with E-state index >= 15 is 0 Å². The van der Waals surface area contributed by atoms with E-state index in [4.69, 9.17) is 0 Å². The van der Waals surface area contributed by atoms with Gasteiger partial charge in [0.05, 0.1) is 11.5 Å². The summed E-state index contributed by atoms with van der Waals surface area (Å²) in [6, 6.07) is 8.29. The number of aryl methyl sites for hydroxylation is 1. The Morgan fingerprint density at radius 3 is 2.67 bits per heavy atom. The summed E-state index contributed by atoms with van der Waals surface area (Å²) in [4.78, 5) is 12.9. The highest BCUT2D eigenvalue weighted by molar-refractivity contribution is 7.99. The van der Waals surface area contributed by atoms with Gasteiger partial charge < -0.3 is 5.32 Å². The van der Waals surface area contributed by atoms with Gasteiger partial charge in [0.2, 0.25) is 5.91 Å². The second-order valence-corrected chi connectivity index (χ2v) is 8.88. The summed E-state index contributed by atoms with van der Waals surface area (Å²) in [5.41, 5.74) is 1.24. The lowest BCUT2D eigenvalue weighted by atomic mass is 10.1. The summed E-state index contributed by atoms with van der Waals surface area (Å²) < 4.78 is 22.7. The van der Waals surface area contributed by atoms with Gasteiger partial charge in [-0.15, -0.1) is 11.8 Å². The van der Waals surface area contributed by atoms with Gasteiger partial charge in [0, 0.05) is 23.6 Å². The van der Waals surface area contributed by atoms with Crippen LogP contribution in [-0.2, 0) is 14.6 Å². The lowest BCUT2D eigenvalue weighted by Crippen LogP contribution is -2.27. The predicted octanol–water partition coefficient (Wildman–Crippen LogP) is 2.03. The highest BCUT2D eigenvalue weighted by Gasteiger charge is 2.29. The van der Waals surface area contributed by atoms with Gasteiger partial charge >= 0.3 is 0 Å². The van der Waals surface area contributed by atoms with E-state index in [9.17, 15) is 13.2 Å². The van der Waals surface area contributed by atoms with Gasteiger partial charge in [0.25, 0.3) is 0 Å². The van der Waals surface area contributed by atoms with Crippen molar-refractivity contribution in [1.82, 2.24) is 5.32 Å². The average Bonchev–Trinajstić information content (AvgIpc) is 2.76. The number of hydrogen-bond acceptors (Lipinski definition) is 4. The SMILES string of the molecule is Cc1ccc(SCCNC(=O)CC2CCS(=O)(=O)C2)cc1. The quantitative estimate of drug-likeness (QED) is 0.641. The zero-order chi connectivity index (χ0) is 15.3. The molecule has 1 saturated heterocycles. The first-order valence-electron chi connectivity index (χ1n) is 7.11. The number of hydrogen-bond donors (Lipinski definition) is 1. The van der Waals surface area contributed by atoms with Crippen LogP contribution in [0.2, 0.25) is 0 Å². The molecular weight excluding hydrogens is 306 g/mol. The normalized spacial score (nSPS) is 20.3. The molecule has 6 heteroatoms. The summed E-state index contributed by atoms with van der Waals surface area (Å²) in [5.74, 6) is 1.17. The Hall–Kier alpha value is -1.01. The monoisotopic (exact) mass is 327 g/mol. The molecule has 0 aliphatic carbocycles. The average molecular weight is 327 g/mol. The number of rotatable bonds is 6. The van der Waals surface area contributed by atoms with Crippen molar-refractivity contribution in [3.63, 3.8) is 0 Å². The van der Waals surface area contributed by atoms with Gasteiger partial charge in [-0.3, -0.25) is 4.79 Å². The Balaban J connectivity index is 1.62. The topological polar surface area (TPSA) is 63.2 Å². The molecule has 116 valence electrons. The van der Waals surface area contributed by atoms with Crippen LogP contribution in [0.15, 0.2) is 29.2 Å². The molecule has 21 heavy (non-hydrogen) atoms. The minimum atomic E-state index is -2.89. The first-order chi connectivity index (χ1) is 9.94. The minimum absolute atomic E-state index is 0.000230. The van der Waals surface area contributed by atoms with E-state index in [0.717, 1.165) is 5.75 Å². The largest absolute Gasteiger partial charge is 0.355 e. The Morgan fingerprint density at radius 2 is 2.05 bits per heavy atom. The van der Waals surface area contributed by atoms with Gasteiger partial charge in [-0.25, -0.2) is 8.42 Å². The molecule has 1 aliphatic rings. The van der Waals surface area contributed by atoms with Crippen molar-refractivity contribution in [1.29, 1.82) is 0 Å². The second-order valence-electron chi connectivity index (χ2n) is 5.48. The Kier molecular flexibility index (Phi) is 5.70. The third-order valence-corrected chi connectivity index (χ3v) is 6.37. The molecule has 0 saturated carbocycles. The van der Waals surface area contributed by atoms with Gasteiger partial charge in [-0.05, 0) is 31.4 Å². The summed E-state index contributed by atoms with van der Waals surface area (Å²) in [6.45, 7) is 2.66. The molecule has 1 N–H and O–H groups in total. The Morgan fingerprint density at radius 1 is 1.33 bits per heavy atom. The van der Waals surface area contributed by atoms with E-state index in [1.807, 2.05) is 0 Å². The number of amides is 1. The van der Waals surface area contributed by atoms with E-state index in [1.54, 1.807) is 11.8 Å². The number of benzene rings is 1. The molecule has 0 aromatic heterocycles. The lowest BCUT2D eigenvalue weighted by Gasteiger charge is -2.08. The molecule has 1 amide bonds. The van der Waals surface area contributed by atoms with Crippen LogP contribution in [0.25, 0.3) is 0 Å². The summed E-state index contributed by atoms with van der Waals surface area (Å²) in [7, 11) is -2.89. The van der Waals surface area contributed by atoms with Crippen molar-refractivity contribution in [2.24, 2.45) is 5.92 Å². The van der Waals surface area contributed by atoms with Crippen molar-refractivity contribution >= 4 is 27.5 Å². The fourth-order valence-corrected chi connectivity index (χ4v) is 4.99. The molecule has 1 aromatic carbocycles. The molecule has 1 unspecified atom stereocenters. The third-order valence-electron chi connectivity index (χ3n) is 3.51. The summed E-state index contributed by atoms with van der Waals surface area (Å²) >= 11 is 1.70. The van der Waals surface area contributed by atoms with E-state index < -0.39 is 9.84 Å². The maximum Gasteiger partial charge on any atom is 0.220 e. The molecule has 0 radical (unpaired) electrons. The van der Waals surface area contributed by atoms with Crippen LogP contribution in [-0.4, -0.2) is 38.1 Å². The van der Waals surface area contributed by atoms with Crippen molar-refractivity contribution in [3.8, 4) is 0 Å². The number of carbonyl (C=O) groups is 1. The number of sulfone groups is 1. The first kappa shape index (κ1) is 16.4. The van der Waals surface area contributed by atoms with Crippen molar-refractivity contribution in [3.05, 3.63) is 29.8 Å². The summed E-state index contributed by atoms with van der Waals surface area (Å²) in [5, 5.41) is 2.86. The van der Waals surface area contributed by atoms with Crippen molar-refractivity contribution in [2.45, 2.75) is 24.7 Å². The molecule has 2 rings (SSSR count). The number of nitrogens with one attached hydrogen (secondary N) is 1. The molecule has 0 spiro atoms. The lowest BCUT2D eigenvalue weighted by molar-refractivity contribution is -0.121. The molecule has 4 nitrogen and oxygen atoms in total. The van der Waals surface area contributed by atoms with Crippen LogP contribution >= 0.6 is 11.8 Å². The van der Waals surface area contributed by atoms with Crippen LogP contribution in [0, 0.1) is 12.8 Å². The molecule has 0 bridgehead atoms. The van der Waals surface area contributed by atoms with Crippen LogP contribution in [0.1, 0.15) is 18.4 Å². The number of thioether (sulfide) groups is 1. The first-order valence-corrected chi connectivity index (χ1v) is 9.92. The maximum atomic E-state index is 11.8. The highest BCUT2D eigenvalue weighted by Crippen LogP contribution is 2.21. The van der Waals surface area contributed by atoms with E-state index in [1.165, 1.54) is 10.5 Å². The van der Waals surface area contributed by atoms with Gasteiger partial charge in [-0.1, -0.05) is 17.7 Å². The minimum Gasteiger partial charge on any atom is -0.355 e. The zero-order valence-corrected chi connectivity index (χ0v) is 13.8. The smallest absolute Gasteiger partial charge is 0.220 e. The van der Waals surface area contributed by atoms with Crippen LogP contribution in [0.3, 0.4) is 0 Å². The molecule has 1 aromatic rings. The van der Waals surface area contributed by atoms with Crippen LogP contribution in [0.4, 0.5) is 0 Å². The number of carbonyl (C=O) groups excluding carboxylic acids is 1. The van der Waals surface area contributed by atoms with Gasteiger partial charge in [0.1, 0.15) is 0 Å². The third kappa shape index (κ3) is 5.71. The fourth-order valence-electron chi connectivity index (χ4n) is 2.36. The van der Waals surface area contributed by atoms with E-state index in [2.05, 4.69) is 36.5 Å². The second kappa shape index (κ2) is 7.31. The van der Waals surface area contributed by atoms with Gasteiger partial charge in [0.15, 0.2) is 9.84 Å². The fraction of sp³-hybridized carbons (Fsp3) is 0.533. The van der Waals surface area contributed by atoms with E-state index in [0.29, 0.717) is 19.4 Å². The van der Waals surface area contributed by atoms with E-state index in [-0.39, 0.29) is 23.3 Å².